The number of hydrogen-bond donors (Lipinski definition) is 1. The van der Waals surface area contributed by atoms with Gasteiger partial charge in [-0.3, -0.25) is 0 Å². The lowest BCUT2D eigenvalue weighted by Gasteiger charge is -2.32. The lowest BCUT2D eigenvalue weighted by Crippen LogP contribution is -2.44. The van der Waals surface area contributed by atoms with Crippen molar-refractivity contribution in [3.63, 3.8) is 0 Å². The molecule has 0 bridgehead atoms. The number of alkyl halides is 3. The number of piperazine rings is 1. The summed E-state index contributed by atoms with van der Waals surface area (Å²) in [5.74, 6) is 0. The predicted octanol–water partition coefficient (Wildman–Crippen LogP) is 2.42. The first kappa shape index (κ1) is 12.2. The van der Waals surface area contributed by atoms with Crippen molar-refractivity contribution in [1.29, 1.82) is 0 Å². The summed E-state index contributed by atoms with van der Waals surface area (Å²) in [7, 11) is 0. The van der Waals surface area contributed by atoms with Gasteiger partial charge in [0.2, 0.25) is 0 Å². The van der Waals surface area contributed by atoms with E-state index in [4.69, 9.17) is 0 Å². The van der Waals surface area contributed by atoms with Gasteiger partial charge in [-0.25, -0.2) is 0 Å². The standard InChI is InChI=1S/C12H15F3N2/c1-9-3-2-4-10(12(13,14)15)11(9)17-7-5-16-6-8-17/h2-4,16H,5-8H2,1H3. The molecule has 1 aromatic rings. The number of para-hydroxylation sites is 1. The van der Waals surface area contributed by atoms with Crippen molar-refractivity contribution < 1.29 is 13.2 Å². The van der Waals surface area contributed by atoms with Crippen molar-refractivity contribution in [2.45, 2.75) is 13.1 Å². The maximum absolute atomic E-state index is 12.9. The number of halogens is 3. The van der Waals surface area contributed by atoms with Gasteiger partial charge in [0.05, 0.1) is 11.3 Å². The molecule has 2 rings (SSSR count). The molecule has 17 heavy (non-hydrogen) atoms. The van der Waals surface area contributed by atoms with E-state index in [1.165, 1.54) is 6.07 Å². The topological polar surface area (TPSA) is 15.3 Å². The molecular formula is C12H15F3N2. The Kier molecular flexibility index (Phi) is 3.28. The summed E-state index contributed by atoms with van der Waals surface area (Å²) in [6.07, 6.45) is -4.29. The number of hydrogen-bond acceptors (Lipinski definition) is 2. The van der Waals surface area contributed by atoms with Gasteiger partial charge >= 0.3 is 6.18 Å². The molecule has 0 unspecified atom stereocenters. The van der Waals surface area contributed by atoms with Gasteiger partial charge in [0.25, 0.3) is 0 Å². The fourth-order valence-electron chi connectivity index (χ4n) is 2.20. The van der Waals surface area contributed by atoms with Crippen LogP contribution in [0.3, 0.4) is 0 Å². The number of nitrogens with one attached hydrogen (secondary N) is 1. The maximum atomic E-state index is 12.9. The van der Waals surface area contributed by atoms with E-state index < -0.39 is 11.7 Å². The summed E-state index contributed by atoms with van der Waals surface area (Å²) >= 11 is 0. The lowest BCUT2D eigenvalue weighted by molar-refractivity contribution is -0.137. The normalized spacial score (nSPS) is 17.3. The minimum absolute atomic E-state index is 0.335. The third kappa shape index (κ3) is 2.54. The van der Waals surface area contributed by atoms with Crippen LogP contribution in [0.4, 0.5) is 18.9 Å². The third-order valence-corrected chi connectivity index (χ3v) is 2.98. The van der Waals surface area contributed by atoms with Crippen LogP contribution in [-0.4, -0.2) is 26.2 Å². The van der Waals surface area contributed by atoms with Crippen molar-refractivity contribution in [1.82, 2.24) is 5.32 Å². The van der Waals surface area contributed by atoms with Crippen LogP contribution in [0, 0.1) is 6.92 Å². The van der Waals surface area contributed by atoms with E-state index in [2.05, 4.69) is 5.32 Å². The predicted molar refractivity (Wildman–Crippen MR) is 61.3 cm³/mol. The number of anilines is 1. The van der Waals surface area contributed by atoms with E-state index in [0.717, 1.165) is 19.2 Å². The minimum Gasteiger partial charge on any atom is -0.368 e. The van der Waals surface area contributed by atoms with Crippen LogP contribution in [0.2, 0.25) is 0 Å². The molecular weight excluding hydrogens is 229 g/mol. The molecule has 0 atom stereocenters. The quantitative estimate of drug-likeness (QED) is 0.816. The fourth-order valence-corrected chi connectivity index (χ4v) is 2.20. The number of rotatable bonds is 1. The van der Waals surface area contributed by atoms with Gasteiger partial charge in [0.15, 0.2) is 0 Å². The molecule has 0 radical (unpaired) electrons. The van der Waals surface area contributed by atoms with E-state index in [1.54, 1.807) is 13.0 Å². The zero-order valence-corrected chi connectivity index (χ0v) is 9.64. The Morgan fingerprint density at radius 3 is 2.41 bits per heavy atom. The van der Waals surface area contributed by atoms with Crippen LogP contribution in [0.15, 0.2) is 18.2 Å². The van der Waals surface area contributed by atoms with Gasteiger partial charge < -0.3 is 10.2 Å². The van der Waals surface area contributed by atoms with E-state index in [-0.39, 0.29) is 0 Å². The zero-order chi connectivity index (χ0) is 12.5. The highest BCUT2D eigenvalue weighted by Crippen LogP contribution is 2.38. The van der Waals surface area contributed by atoms with Crippen LogP contribution < -0.4 is 10.2 Å². The molecule has 5 heteroatoms. The molecule has 1 fully saturated rings. The summed E-state index contributed by atoms with van der Waals surface area (Å²) in [6.45, 7) is 4.42. The van der Waals surface area contributed by atoms with Gasteiger partial charge in [-0.1, -0.05) is 12.1 Å². The van der Waals surface area contributed by atoms with Crippen LogP contribution >= 0.6 is 0 Å². The van der Waals surface area contributed by atoms with Gasteiger partial charge in [0.1, 0.15) is 0 Å². The van der Waals surface area contributed by atoms with Gasteiger partial charge in [0, 0.05) is 26.2 Å². The first-order valence-electron chi connectivity index (χ1n) is 5.62. The molecule has 1 aromatic carbocycles. The maximum Gasteiger partial charge on any atom is 0.418 e. The van der Waals surface area contributed by atoms with Crippen molar-refractivity contribution in [3.05, 3.63) is 29.3 Å². The zero-order valence-electron chi connectivity index (χ0n) is 9.64. The van der Waals surface area contributed by atoms with Crippen molar-refractivity contribution >= 4 is 5.69 Å². The largest absolute Gasteiger partial charge is 0.418 e. The molecule has 1 N–H and O–H groups in total. The third-order valence-electron chi connectivity index (χ3n) is 2.98. The van der Waals surface area contributed by atoms with Crippen molar-refractivity contribution in [2.75, 3.05) is 31.1 Å². The monoisotopic (exact) mass is 244 g/mol. The summed E-state index contributed by atoms with van der Waals surface area (Å²) < 4.78 is 38.8. The molecule has 94 valence electrons. The second-order valence-electron chi connectivity index (χ2n) is 4.21. The first-order chi connectivity index (χ1) is 8.00. The first-order valence-corrected chi connectivity index (χ1v) is 5.62. The Balaban J connectivity index is 2.43. The Bertz CT molecular complexity index is 395. The number of nitrogens with zero attached hydrogens (tertiary/aromatic N) is 1. The van der Waals surface area contributed by atoms with E-state index in [0.29, 0.717) is 24.3 Å². The molecule has 1 aliphatic rings. The van der Waals surface area contributed by atoms with E-state index in [9.17, 15) is 13.2 Å². The molecule has 1 aliphatic heterocycles. The molecule has 1 saturated heterocycles. The summed E-state index contributed by atoms with van der Waals surface area (Å²) in [5, 5.41) is 3.14. The van der Waals surface area contributed by atoms with E-state index in [1.807, 2.05) is 4.90 Å². The average molecular weight is 244 g/mol. The van der Waals surface area contributed by atoms with Gasteiger partial charge in [-0.05, 0) is 18.6 Å². The van der Waals surface area contributed by atoms with Crippen LogP contribution in [0.25, 0.3) is 0 Å². The molecule has 2 nitrogen and oxygen atoms in total. The molecule has 0 aliphatic carbocycles. The number of benzene rings is 1. The summed E-state index contributed by atoms with van der Waals surface area (Å²) in [6, 6.07) is 4.35. The SMILES string of the molecule is Cc1cccc(C(F)(F)F)c1N1CCNCC1. The minimum atomic E-state index is -4.29. The van der Waals surface area contributed by atoms with Crippen molar-refractivity contribution in [3.8, 4) is 0 Å². The smallest absolute Gasteiger partial charge is 0.368 e. The lowest BCUT2D eigenvalue weighted by atomic mass is 10.1. The Hall–Kier alpha value is -1.23. The van der Waals surface area contributed by atoms with Crippen molar-refractivity contribution in [2.24, 2.45) is 0 Å². The van der Waals surface area contributed by atoms with Crippen LogP contribution in [-0.2, 0) is 6.18 Å². The van der Waals surface area contributed by atoms with Crippen LogP contribution in [0.5, 0.6) is 0 Å². The Morgan fingerprint density at radius 1 is 1.18 bits per heavy atom. The molecule has 0 amide bonds. The molecule has 1 heterocycles. The second kappa shape index (κ2) is 4.56. The highest BCUT2D eigenvalue weighted by molar-refractivity contribution is 5.60. The highest BCUT2D eigenvalue weighted by Gasteiger charge is 2.35. The summed E-state index contributed by atoms with van der Waals surface area (Å²) in [4.78, 5) is 1.81. The fraction of sp³-hybridized carbons (Fsp3) is 0.500. The Labute approximate surface area is 98.4 Å². The van der Waals surface area contributed by atoms with Gasteiger partial charge in [-0.2, -0.15) is 13.2 Å². The molecule has 0 spiro atoms. The van der Waals surface area contributed by atoms with Gasteiger partial charge in [-0.15, -0.1) is 0 Å². The molecule has 0 saturated carbocycles. The molecule has 0 aromatic heterocycles. The van der Waals surface area contributed by atoms with Crippen LogP contribution in [0.1, 0.15) is 11.1 Å². The Morgan fingerprint density at radius 2 is 1.82 bits per heavy atom. The number of aryl methyl sites for hydroxylation is 1. The highest BCUT2D eigenvalue weighted by atomic mass is 19.4. The summed E-state index contributed by atoms with van der Waals surface area (Å²) in [5.41, 5.74) is 0.489. The van der Waals surface area contributed by atoms with E-state index >= 15 is 0 Å². The second-order valence-corrected chi connectivity index (χ2v) is 4.21. The average Bonchev–Trinajstić information content (AvgIpc) is 2.28.